The number of aromatic amines is 1. The van der Waals surface area contributed by atoms with Crippen LogP contribution in [0.2, 0.25) is 0 Å². The quantitative estimate of drug-likeness (QED) is 0.461. The molecule has 0 bridgehead atoms. The van der Waals surface area contributed by atoms with Crippen LogP contribution in [-0.4, -0.2) is 81.7 Å². The number of thioether (sulfide) groups is 1. The third-order valence-electron chi connectivity index (χ3n) is 6.90. The third-order valence-corrected chi connectivity index (χ3v) is 9.30. The first-order chi connectivity index (χ1) is 18.3. The van der Waals surface area contributed by atoms with Crippen LogP contribution in [0.4, 0.5) is 0 Å². The Hall–Kier alpha value is -3.32. The molecule has 3 atom stereocenters. The Morgan fingerprint density at radius 1 is 1.08 bits per heavy atom. The van der Waals surface area contributed by atoms with Crippen molar-refractivity contribution in [2.24, 2.45) is 5.92 Å². The monoisotopic (exact) mass is 561 g/mol. The molecule has 3 aliphatic rings. The Morgan fingerprint density at radius 3 is 2.55 bits per heavy atom. The SMILES string of the molecule is CCOc1cc([C@@H]2c3sc(=O)[nH]c3SC3C(=O)N(CC(=O)O)C(=O)C32)ccc1OCC(=O)N1CCCCC1. The maximum atomic E-state index is 13.3. The van der Waals surface area contributed by atoms with Crippen molar-refractivity contribution in [2.75, 3.05) is 32.8 Å². The number of nitrogens with one attached hydrogen (secondary N) is 1. The van der Waals surface area contributed by atoms with Gasteiger partial charge >= 0.3 is 10.8 Å². The summed E-state index contributed by atoms with van der Waals surface area (Å²) >= 11 is 2.05. The van der Waals surface area contributed by atoms with Crippen molar-refractivity contribution in [3.05, 3.63) is 38.3 Å². The Labute approximate surface area is 226 Å². The molecular weight excluding hydrogens is 534 g/mol. The molecule has 3 amide bonds. The van der Waals surface area contributed by atoms with Crippen molar-refractivity contribution in [1.82, 2.24) is 14.8 Å². The normalized spacial score (nSPS) is 22.7. The highest BCUT2D eigenvalue weighted by atomic mass is 32.2. The molecule has 3 aliphatic heterocycles. The van der Waals surface area contributed by atoms with Gasteiger partial charge in [0.2, 0.25) is 11.8 Å². The molecule has 2 fully saturated rings. The van der Waals surface area contributed by atoms with Gasteiger partial charge in [-0.05, 0) is 43.9 Å². The Morgan fingerprint density at radius 2 is 1.84 bits per heavy atom. The summed E-state index contributed by atoms with van der Waals surface area (Å²) in [4.78, 5) is 68.2. The maximum absolute atomic E-state index is 13.3. The first kappa shape index (κ1) is 26.3. The van der Waals surface area contributed by atoms with Crippen molar-refractivity contribution < 1.29 is 33.8 Å². The molecule has 0 radical (unpaired) electrons. The molecule has 0 spiro atoms. The number of fused-ring (bicyclic) bond motifs is 2. The lowest BCUT2D eigenvalue weighted by molar-refractivity contribution is -0.149. The van der Waals surface area contributed by atoms with E-state index in [0.29, 0.717) is 33.6 Å². The van der Waals surface area contributed by atoms with E-state index in [2.05, 4.69) is 4.98 Å². The predicted molar refractivity (Wildman–Crippen MR) is 138 cm³/mol. The molecular formula is C25H27N3O8S2. The number of benzene rings is 1. The number of likely N-dealkylation sites (tertiary alicyclic amines) is 2. The zero-order chi connectivity index (χ0) is 27.0. The van der Waals surface area contributed by atoms with Crippen LogP contribution in [0.15, 0.2) is 28.0 Å². The van der Waals surface area contributed by atoms with Gasteiger partial charge in [-0.25, -0.2) is 0 Å². The fourth-order valence-corrected chi connectivity index (χ4v) is 7.74. The highest BCUT2D eigenvalue weighted by Gasteiger charge is 2.56. The largest absolute Gasteiger partial charge is 0.490 e. The second-order valence-corrected chi connectivity index (χ2v) is 11.4. The number of rotatable bonds is 8. The van der Waals surface area contributed by atoms with Crippen LogP contribution in [-0.2, 0) is 19.2 Å². The van der Waals surface area contributed by atoms with Crippen molar-refractivity contribution in [1.29, 1.82) is 0 Å². The van der Waals surface area contributed by atoms with Crippen LogP contribution in [0.25, 0.3) is 0 Å². The molecule has 5 rings (SSSR count). The molecule has 11 nitrogen and oxygen atoms in total. The smallest absolute Gasteiger partial charge is 0.323 e. The van der Waals surface area contributed by atoms with Gasteiger partial charge in [-0.2, -0.15) is 0 Å². The average molecular weight is 562 g/mol. The van der Waals surface area contributed by atoms with Gasteiger partial charge in [0.15, 0.2) is 18.1 Å². The van der Waals surface area contributed by atoms with Crippen LogP contribution >= 0.6 is 23.1 Å². The Bertz CT molecular complexity index is 1330. The Balaban J connectivity index is 1.47. The van der Waals surface area contributed by atoms with E-state index in [9.17, 15) is 29.1 Å². The van der Waals surface area contributed by atoms with Gasteiger partial charge in [0.05, 0.1) is 17.6 Å². The zero-order valence-electron chi connectivity index (χ0n) is 20.6. The number of nitrogens with zero attached hydrogens (tertiary/aromatic N) is 2. The fraction of sp³-hybridized carbons (Fsp3) is 0.480. The summed E-state index contributed by atoms with van der Waals surface area (Å²) < 4.78 is 11.6. The van der Waals surface area contributed by atoms with Crippen molar-refractivity contribution >= 4 is 46.8 Å². The highest BCUT2D eigenvalue weighted by molar-refractivity contribution is 8.00. The maximum Gasteiger partial charge on any atom is 0.323 e. The number of aromatic nitrogens is 1. The topological polar surface area (TPSA) is 146 Å². The summed E-state index contributed by atoms with van der Waals surface area (Å²) in [5.74, 6) is -3.37. The van der Waals surface area contributed by atoms with Gasteiger partial charge in [-0.3, -0.25) is 28.9 Å². The fourth-order valence-electron chi connectivity index (χ4n) is 5.20. The van der Waals surface area contributed by atoms with Gasteiger partial charge in [-0.1, -0.05) is 29.2 Å². The van der Waals surface area contributed by atoms with Crippen molar-refractivity contribution in [2.45, 2.75) is 42.4 Å². The van der Waals surface area contributed by atoms with E-state index in [1.165, 1.54) is 0 Å². The number of carbonyl (C=O) groups excluding carboxylic acids is 3. The molecule has 1 aromatic heterocycles. The number of ether oxygens (including phenoxy) is 2. The van der Waals surface area contributed by atoms with Gasteiger partial charge in [0.1, 0.15) is 11.8 Å². The number of aliphatic carboxylic acids is 1. The predicted octanol–water partition coefficient (Wildman–Crippen LogP) is 1.90. The summed E-state index contributed by atoms with van der Waals surface area (Å²) in [5, 5.41) is 8.87. The van der Waals surface area contributed by atoms with Gasteiger partial charge in [0.25, 0.3) is 5.91 Å². The minimum atomic E-state index is -1.28. The number of thiazole rings is 1. The molecule has 202 valence electrons. The van der Waals surface area contributed by atoms with Crippen LogP contribution in [0.5, 0.6) is 11.5 Å². The number of H-pyrrole nitrogens is 1. The van der Waals surface area contributed by atoms with Crippen LogP contribution in [0, 0.1) is 5.92 Å². The lowest BCUT2D eigenvalue weighted by atomic mass is 9.83. The zero-order valence-corrected chi connectivity index (χ0v) is 22.3. The first-order valence-corrected chi connectivity index (χ1v) is 14.1. The van der Waals surface area contributed by atoms with Gasteiger partial charge < -0.3 is 24.5 Å². The van der Waals surface area contributed by atoms with Crippen molar-refractivity contribution in [3.8, 4) is 11.5 Å². The number of imide groups is 1. The van der Waals surface area contributed by atoms with Crippen LogP contribution < -0.4 is 14.3 Å². The van der Waals surface area contributed by atoms with E-state index in [1.54, 1.807) is 23.1 Å². The standard InChI is InChI=1S/C25H27N3O8S2/c1-2-35-15-10-13(6-7-14(15)36-12-16(29)27-8-4-3-5-9-27)18-19-21(37-22-20(18)38-25(34)26-22)24(33)28(23(19)32)11-17(30)31/h6-7,10,18-19,21H,2-5,8-9,11-12H2,1H3,(H,26,34)(H,30,31)/t18-,19?,21?/m0/s1. The molecule has 4 heterocycles. The third kappa shape index (κ3) is 4.92. The second kappa shape index (κ2) is 10.8. The summed E-state index contributed by atoms with van der Waals surface area (Å²) in [7, 11) is 0. The average Bonchev–Trinajstić information content (AvgIpc) is 3.38. The summed E-state index contributed by atoms with van der Waals surface area (Å²) in [6.45, 7) is 2.71. The van der Waals surface area contributed by atoms with E-state index in [4.69, 9.17) is 9.47 Å². The molecule has 0 aliphatic carbocycles. The minimum absolute atomic E-state index is 0.0984. The van der Waals surface area contributed by atoms with E-state index in [1.807, 2.05) is 6.92 Å². The lowest BCUT2D eigenvalue weighted by Crippen LogP contribution is -2.38. The number of hydrogen-bond donors (Lipinski definition) is 2. The molecule has 2 unspecified atom stereocenters. The lowest BCUT2D eigenvalue weighted by Gasteiger charge is -2.30. The van der Waals surface area contributed by atoms with E-state index < -0.39 is 41.4 Å². The van der Waals surface area contributed by atoms with E-state index >= 15 is 0 Å². The molecule has 0 saturated carbocycles. The van der Waals surface area contributed by atoms with Crippen molar-refractivity contribution in [3.63, 3.8) is 0 Å². The van der Waals surface area contributed by atoms with Gasteiger partial charge in [0, 0.05) is 23.9 Å². The number of carbonyl (C=O) groups is 4. The van der Waals surface area contributed by atoms with Crippen LogP contribution in [0.1, 0.15) is 42.5 Å². The van der Waals surface area contributed by atoms with Crippen LogP contribution in [0.3, 0.4) is 0 Å². The highest BCUT2D eigenvalue weighted by Crippen LogP contribution is 2.53. The van der Waals surface area contributed by atoms with Gasteiger partial charge in [-0.15, -0.1) is 0 Å². The summed E-state index contributed by atoms with van der Waals surface area (Å²) in [6.07, 6.45) is 3.07. The summed E-state index contributed by atoms with van der Waals surface area (Å²) in [6, 6.07) is 5.09. The number of amides is 3. The Kier molecular flexibility index (Phi) is 7.48. The number of carboxylic acids is 1. The number of carboxylic acid groups (broad SMARTS) is 1. The molecule has 2 N–H and O–H groups in total. The molecule has 2 aromatic rings. The molecule has 13 heteroatoms. The molecule has 2 saturated heterocycles. The molecule has 38 heavy (non-hydrogen) atoms. The van der Waals surface area contributed by atoms with E-state index in [0.717, 1.165) is 60.4 Å². The van der Waals surface area contributed by atoms with E-state index in [-0.39, 0.29) is 17.4 Å². The first-order valence-electron chi connectivity index (χ1n) is 12.4. The second-order valence-electron chi connectivity index (χ2n) is 9.28. The molecule has 1 aromatic carbocycles. The number of hydrogen-bond acceptors (Lipinski definition) is 9. The number of piperidine rings is 1. The summed E-state index contributed by atoms with van der Waals surface area (Å²) in [5.41, 5.74) is 0.619. The minimum Gasteiger partial charge on any atom is -0.490 e.